The first kappa shape index (κ1) is 19.0. The molecule has 0 fully saturated rings. The third kappa shape index (κ3) is 3.83. The number of benzene rings is 1. The Labute approximate surface area is 162 Å². The van der Waals surface area contributed by atoms with Gasteiger partial charge < -0.3 is 21.1 Å². The minimum absolute atomic E-state index is 0.0475. The highest BCUT2D eigenvalue weighted by atomic mass is 32.2. The lowest BCUT2D eigenvalue weighted by molar-refractivity contribution is -0.113. The van der Waals surface area contributed by atoms with Gasteiger partial charge in [-0.3, -0.25) is 14.4 Å². The third-order valence-electron chi connectivity index (χ3n) is 3.95. The summed E-state index contributed by atoms with van der Waals surface area (Å²) in [6.45, 7) is 3.82. The molecule has 0 atom stereocenters. The largest absolute Gasteiger partial charge is 0.506 e. The van der Waals surface area contributed by atoms with Crippen molar-refractivity contribution in [1.29, 1.82) is 0 Å². The van der Waals surface area contributed by atoms with Gasteiger partial charge >= 0.3 is 0 Å². The van der Waals surface area contributed by atoms with Crippen LogP contribution in [0.3, 0.4) is 0 Å². The van der Waals surface area contributed by atoms with Crippen LogP contribution in [0.15, 0.2) is 33.3 Å². The Bertz CT molecular complexity index is 1100. The van der Waals surface area contributed by atoms with Crippen molar-refractivity contribution < 1.29 is 14.7 Å². The summed E-state index contributed by atoms with van der Waals surface area (Å²) >= 11 is 2.23. The van der Waals surface area contributed by atoms with E-state index < -0.39 is 11.5 Å². The number of fused-ring (bicyclic) bond motifs is 1. The lowest BCUT2D eigenvalue weighted by Crippen LogP contribution is -2.16. The van der Waals surface area contributed by atoms with E-state index in [-0.39, 0.29) is 28.5 Å². The minimum atomic E-state index is -0.736. The van der Waals surface area contributed by atoms with Gasteiger partial charge in [0.2, 0.25) is 5.91 Å². The Morgan fingerprint density at radius 2 is 1.96 bits per heavy atom. The molecule has 3 rings (SSSR count). The molecule has 0 unspecified atom stereocenters. The van der Waals surface area contributed by atoms with Crippen molar-refractivity contribution in [1.82, 2.24) is 4.98 Å². The lowest BCUT2D eigenvalue weighted by Gasteiger charge is -2.11. The summed E-state index contributed by atoms with van der Waals surface area (Å²) in [5, 5.41) is 12.8. The van der Waals surface area contributed by atoms with Crippen LogP contribution < -0.4 is 16.6 Å². The first-order valence-corrected chi connectivity index (χ1v) is 9.75. The predicted molar refractivity (Wildman–Crippen MR) is 108 cm³/mol. The topological polar surface area (TPSA) is 125 Å². The van der Waals surface area contributed by atoms with E-state index in [1.165, 1.54) is 0 Å². The third-order valence-corrected chi connectivity index (χ3v) is 6.43. The highest BCUT2D eigenvalue weighted by Crippen LogP contribution is 2.40. The molecule has 0 bridgehead atoms. The van der Waals surface area contributed by atoms with Gasteiger partial charge in [-0.05, 0) is 25.0 Å². The molecule has 2 amide bonds. The second-order valence-electron chi connectivity index (χ2n) is 5.96. The number of thiophene rings is 1. The summed E-state index contributed by atoms with van der Waals surface area (Å²) < 4.78 is 0.812. The highest BCUT2D eigenvalue weighted by Gasteiger charge is 2.21. The second kappa shape index (κ2) is 7.45. The average Bonchev–Trinajstić information content (AvgIpc) is 2.95. The van der Waals surface area contributed by atoms with E-state index in [0.717, 1.165) is 46.0 Å². The van der Waals surface area contributed by atoms with Gasteiger partial charge in [0.05, 0.1) is 25.7 Å². The summed E-state index contributed by atoms with van der Waals surface area (Å²) in [7, 11) is 0. The molecule has 0 spiro atoms. The number of hydrogen-bond acceptors (Lipinski definition) is 6. The monoisotopic (exact) mass is 403 g/mol. The summed E-state index contributed by atoms with van der Waals surface area (Å²) in [4.78, 5) is 38.3. The van der Waals surface area contributed by atoms with Crippen molar-refractivity contribution >= 4 is 50.8 Å². The number of hydrogen-bond donors (Lipinski definition) is 4. The molecule has 9 heteroatoms. The van der Waals surface area contributed by atoms with E-state index in [4.69, 9.17) is 5.73 Å². The number of pyridine rings is 1. The maximum Gasteiger partial charge on any atom is 0.252 e. The molecule has 0 radical (unpaired) electrons. The van der Waals surface area contributed by atoms with Crippen LogP contribution in [0.2, 0.25) is 0 Å². The van der Waals surface area contributed by atoms with E-state index in [1.54, 1.807) is 0 Å². The molecule has 7 nitrogen and oxygen atoms in total. The average molecular weight is 403 g/mol. The van der Waals surface area contributed by atoms with Gasteiger partial charge in [-0.2, -0.15) is 0 Å². The molecule has 27 heavy (non-hydrogen) atoms. The number of aromatic nitrogens is 1. The number of H-pyrrole nitrogens is 1. The van der Waals surface area contributed by atoms with Crippen LogP contribution >= 0.6 is 23.1 Å². The van der Waals surface area contributed by atoms with Crippen LogP contribution in [0.1, 0.15) is 21.5 Å². The van der Waals surface area contributed by atoms with Crippen molar-refractivity contribution in [2.24, 2.45) is 5.73 Å². The maximum absolute atomic E-state index is 12.4. The number of nitrogens with two attached hydrogens (primary N) is 1. The zero-order valence-electron chi connectivity index (χ0n) is 14.6. The quantitative estimate of drug-likeness (QED) is 0.488. The Morgan fingerprint density at radius 1 is 1.30 bits per heavy atom. The Hall–Kier alpha value is -2.78. The van der Waals surface area contributed by atoms with Crippen molar-refractivity contribution in [3.8, 4) is 5.75 Å². The number of primary amides is 1. The van der Waals surface area contributed by atoms with Crippen LogP contribution in [0, 0.1) is 13.8 Å². The molecule has 140 valence electrons. The number of nitrogens with one attached hydrogen (secondary N) is 2. The normalized spacial score (nSPS) is 10.9. The minimum Gasteiger partial charge on any atom is -0.506 e. The van der Waals surface area contributed by atoms with Crippen molar-refractivity contribution in [2.45, 2.75) is 18.1 Å². The lowest BCUT2D eigenvalue weighted by atomic mass is 10.1. The molecule has 2 aromatic heterocycles. The fraction of sp³-hybridized carbons (Fsp3) is 0.167. The number of anilines is 1. The summed E-state index contributed by atoms with van der Waals surface area (Å²) in [6, 6.07) is 6.77. The summed E-state index contributed by atoms with van der Waals surface area (Å²) in [5.41, 5.74) is 7.87. The van der Waals surface area contributed by atoms with Gasteiger partial charge in [-0.25, -0.2) is 0 Å². The molecule has 0 aliphatic carbocycles. The Balaban J connectivity index is 1.86. The SMILES string of the molecule is Cc1cccc(C)c1NC(=O)CSc1sc2c(O)cc(=O)[nH]c2c1C(N)=O. The molecule has 0 saturated heterocycles. The van der Waals surface area contributed by atoms with E-state index in [0.29, 0.717) is 8.91 Å². The molecule has 0 aliphatic heterocycles. The van der Waals surface area contributed by atoms with Crippen LogP contribution in [0.5, 0.6) is 5.75 Å². The number of thioether (sulfide) groups is 1. The smallest absolute Gasteiger partial charge is 0.252 e. The fourth-order valence-corrected chi connectivity index (χ4v) is 4.96. The zero-order chi connectivity index (χ0) is 19.7. The number of aromatic amines is 1. The van der Waals surface area contributed by atoms with Crippen molar-refractivity contribution in [2.75, 3.05) is 11.1 Å². The first-order chi connectivity index (χ1) is 12.8. The molecular weight excluding hydrogens is 386 g/mol. The Kier molecular flexibility index (Phi) is 5.24. The van der Waals surface area contributed by atoms with E-state index in [1.807, 2.05) is 32.0 Å². The van der Waals surface area contributed by atoms with Gasteiger partial charge in [-0.1, -0.05) is 18.2 Å². The summed E-state index contributed by atoms with van der Waals surface area (Å²) in [5.74, 6) is -1.15. The molecule has 1 aromatic carbocycles. The van der Waals surface area contributed by atoms with E-state index >= 15 is 0 Å². The van der Waals surface area contributed by atoms with Crippen LogP contribution in [-0.2, 0) is 4.79 Å². The molecule has 0 saturated carbocycles. The maximum atomic E-state index is 12.4. The number of para-hydroxylation sites is 1. The van der Waals surface area contributed by atoms with Gasteiger partial charge in [0.1, 0.15) is 5.75 Å². The van der Waals surface area contributed by atoms with Gasteiger partial charge in [0.15, 0.2) is 0 Å². The molecule has 0 aliphatic rings. The van der Waals surface area contributed by atoms with Gasteiger partial charge in [0.25, 0.3) is 11.5 Å². The predicted octanol–water partition coefficient (Wildman–Crippen LogP) is 2.74. The van der Waals surface area contributed by atoms with Gasteiger partial charge in [0, 0.05) is 11.8 Å². The number of carbonyl (C=O) groups excluding carboxylic acids is 2. The van der Waals surface area contributed by atoms with Crippen molar-refractivity contribution in [3.63, 3.8) is 0 Å². The summed E-state index contributed by atoms with van der Waals surface area (Å²) in [6.07, 6.45) is 0. The first-order valence-electron chi connectivity index (χ1n) is 7.95. The van der Waals surface area contributed by atoms with Crippen molar-refractivity contribution in [3.05, 3.63) is 51.3 Å². The number of aromatic hydroxyl groups is 1. The van der Waals surface area contributed by atoms with Crippen LogP contribution in [0.4, 0.5) is 5.69 Å². The standard InChI is InChI=1S/C18H17N3O4S2/c1-8-4-3-5-9(2)14(8)21-12(24)7-26-18-13(17(19)25)15-16(27-18)10(22)6-11(23)20-15/h3-6H,7H2,1-2H3,(H2,19,25)(H,21,24)(H2,20,22,23). The number of amides is 2. The molecule has 2 heterocycles. The molecular formula is C18H17N3O4S2. The molecule has 5 N–H and O–H groups in total. The highest BCUT2D eigenvalue weighted by molar-refractivity contribution is 8.02. The van der Waals surface area contributed by atoms with E-state index in [9.17, 15) is 19.5 Å². The fourth-order valence-electron chi connectivity index (χ4n) is 2.70. The van der Waals surface area contributed by atoms with E-state index in [2.05, 4.69) is 10.3 Å². The van der Waals surface area contributed by atoms with Crippen LogP contribution in [0.25, 0.3) is 10.2 Å². The number of rotatable bonds is 5. The Morgan fingerprint density at radius 3 is 2.59 bits per heavy atom. The van der Waals surface area contributed by atoms with Crippen LogP contribution in [-0.4, -0.2) is 27.7 Å². The second-order valence-corrected chi connectivity index (χ2v) is 8.22. The molecule has 3 aromatic rings. The zero-order valence-corrected chi connectivity index (χ0v) is 16.2. The van der Waals surface area contributed by atoms with Gasteiger partial charge in [-0.15, -0.1) is 23.1 Å². The number of carbonyl (C=O) groups is 2. The number of aryl methyl sites for hydroxylation is 2.